The van der Waals surface area contributed by atoms with Crippen molar-refractivity contribution in [2.75, 3.05) is 13.1 Å². The van der Waals surface area contributed by atoms with Crippen LogP contribution in [0.2, 0.25) is 0 Å². The third kappa shape index (κ3) is 2.65. The minimum absolute atomic E-state index is 0.130. The SMILES string of the molecule is O=C(NCc1cc(=O)[nH]c2ccccc12)C1CC12CCNCC2. The fraction of sp³-hybridized carbons (Fsp3) is 0.444. The summed E-state index contributed by atoms with van der Waals surface area (Å²) in [6.07, 6.45) is 3.20. The van der Waals surface area contributed by atoms with Crippen molar-refractivity contribution in [1.82, 2.24) is 15.6 Å². The van der Waals surface area contributed by atoms with Crippen LogP contribution in [0.5, 0.6) is 0 Å². The summed E-state index contributed by atoms with van der Waals surface area (Å²) < 4.78 is 0. The van der Waals surface area contributed by atoms with Crippen LogP contribution in [-0.2, 0) is 11.3 Å². The zero-order valence-electron chi connectivity index (χ0n) is 13.0. The van der Waals surface area contributed by atoms with Crippen LogP contribution in [0.3, 0.4) is 0 Å². The van der Waals surface area contributed by atoms with Gasteiger partial charge in [-0.1, -0.05) is 18.2 Å². The van der Waals surface area contributed by atoms with E-state index in [1.165, 1.54) is 0 Å². The molecule has 1 saturated carbocycles. The lowest BCUT2D eigenvalue weighted by Gasteiger charge is -2.23. The second-order valence-electron chi connectivity index (χ2n) is 6.79. The van der Waals surface area contributed by atoms with E-state index < -0.39 is 0 Å². The van der Waals surface area contributed by atoms with Gasteiger partial charge in [-0.15, -0.1) is 0 Å². The Morgan fingerprint density at radius 1 is 1.26 bits per heavy atom. The Morgan fingerprint density at radius 2 is 2.04 bits per heavy atom. The lowest BCUT2D eigenvalue weighted by Crippen LogP contribution is -2.33. The van der Waals surface area contributed by atoms with Crippen molar-refractivity contribution in [3.8, 4) is 0 Å². The van der Waals surface area contributed by atoms with Crippen molar-refractivity contribution in [3.63, 3.8) is 0 Å². The predicted octanol–water partition coefficient (Wildman–Crippen LogP) is 1.53. The van der Waals surface area contributed by atoms with E-state index in [0.29, 0.717) is 6.54 Å². The Balaban J connectivity index is 1.47. The van der Waals surface area contributed by atoms with Crippen LogP contribution >= 0.6 is 0 Å². The molecule has 1 aliphatic heterocycles. The van der Waals surface area contributed by atoms with E-state index in [1.807, 2.05) is 24.3 Å². The summed E-state index contributed by atoms with van der Waals surface area (Å²) in [5.41, 5.74) is 1.79. The largest absolute Gasteiger partial charge is 0.352 e. The summed E-state index contributed by atoms with van der Waals surface area (Å²) >= 11 is 0. The number of para-hydroxylation sites is 1. The third-order valence-electron chi connectivity index (χ3n) is 5.39. The zero-order valence-corrected chi connectivity index (χ0v) is 13.0. The molecule has 4 rings (SSSR count). The van der Waals surface area contributed by atoms with Crippen LogP contribution < -0.4 is 16.2 Å². The molecule has 1 saturated heterocycles. The van der Waals surface area contributed by atoms with Crippen molar-refractivity contribution in [2.45, 2.75) is 25.8 Å². The molecule has 1 spiro atoms. The highest BCUT2D eigenvalue weighted by Gasteiger charge is 2.57. The lowest BCUT2D eigenvalue weighted by molar-refractivity contribution is -0.123. The molecule has 1 aromatic heterocycles. The first-order valence-corrected chi connectivity index (χ1v) is 8.27. The number of hydrogen-bond acceptors (Lipinski definition) is 3. The third-order valence-corrected chi connectivity index (χ3v) is 5.39. The summed E-state index contributed by atoms with van der Waals surface area (Å²) in [7, 11) is 0. The topological polar surface area (TPSA) is 74.0 Å². The maximum Gasteiger partial charge on any atom is 0.248 e. The Bertz CT molecular complexity index is 805. The van der Waals surface area contributed by atoms with Crippen LogP contribution in [-0.4, -0.2) is 24.0 Å². The number of fused-ring (bicyclic) bond motifs is 1. The van der Waals surface area contributed by atoms with Gasteiger partial charge >= 0.3 is 0 Å². The maximum absolute atomic E-state index is 12.5. The number of H-pyrrole nitrogens is 1. The second-order valence-corrected chi connectivity index (χ2v) is 6.79. The van der Waals surface area contributed by atoms with E-state index in [9.17, 15) is 9.59 Å². The van der Waals surface area contributed by atoms with Gasteiger partial charge in [-0.05, 0) is 49.4 Å². The molecule has 3 N–H and O–H groups in total. The summed E-state index contributed by atoms with van der Waals surface area (Å²) in [4.78, 5) is 27.0. The van der Waals surface area contributed by atoms with Crippen molar-refractivity contribution in [1.29, 1.82) is 0 Å². The van der Waals surface area contributed by atoms with Gasteiger partial charge in [-0.2, -0.15) is 0 Å². The van der Waals surface area contributed by atoms with Crippen LogP contribution in [0.25, 0.3) is 10.9 Å². The van der Waals surface area contributed by atoms with Gasteiger partial charge in [-0.3, -0.25) is 9.59 Å². The summed E-state index contributed by atoms with van der Waals surface area (Å²) in [5.74, 6) is 0.286. The van der Waals surface area contributed by atoms with Crippen molar-refractivity contribution < 1.29 is 4.79 Å². The highest BCUT2D eigenvalue weighted by Crippen LogP contribution is 2.58. The van der Waals surface area contributed by atoms with E-state index in [4.69, 9.17) is 0 Å². The number of amides is 1. The van der Waals surface area contributed by atoms with E-state index in [0.717, 1.165) is 48.8 Å². The number of piperidine rings is 1. The van der Waals surface area contributed by atoms with Gasteiger partial charge in [0.05, 0.1) is 0 Å². The molecule has 1 amide bonds. The number of benzene rings is 1. The van der Waals surface area contributed by atoms with Gasteiger partial charge in [0.2, 0.25) is 11.5 Å². The number of rotatable bonds is 3. The molecule has 2 aromatic rings. The number of hydrogen-bond donors (Lipinski definition) is 3. The van der Waals surface area contributed by atoms with Crippen LogP contribution in [0.1, 0.15) is 24.8 Å². The summed E-state index contributed by atoms with van der Waals surface area (Å²) in [6.45, 7) is 2.44. The first kappa shape index (κ1) is 14.5. The number of carbonyl (C=O) groups excluding carboxylic acids is 1. The second kappa shape index (κ2) is 5.49. The van der Waals surface area contributed by atoms with Gasteiger partial charge in [-0.25, -0.2) is 0 Å². The smallest absolute Gasteiger partial charge is 0.248 e. The molecule has 23 heavy (non-hydrogen) atoms. The molecular formula is C18H21N3O2. The van der Waals surface area contributed by atoms with Gasteiger partial charge in [0, 0.05) is 29.4 Å². The molecule has 2 fully saturated rings. The van der Waals surface area contributed by atoms with Crippen molar-refractivity contribution >= 4 is 16.8 Å². The molecule has 5 heteroatoms. The molecule has 1 aromatic carbocycles. The number of aromatic nitrogens is 1. The van der Waals surface area contributed by atoms with Crippen LogP contribution in [0.15, 0.2) is 35.1 Å². The average Bonchev–Trinajstić information content (AvgIpc) is 3.26. The Hall–Kier alpha value is -2.14. The Morgan fingerprint density at radius 3 is 2.87 bits per heavy atom. The molecule has 120 valence electrons. The molecule has 0 bridgehead atoms. The number of nitrogens with one attached hydrogen (secondary N) is 3. The van der Waals surface area contributed by atoms with E-state index in [2.05, 4.69) is 15.6 Å². The predicted molar refractivity (Wildman–Crippen MR) is 89.1 cm³/mol. The molecule has 5 nitrogen and oxygen atoms in total. The molecule has 2 aliphatic rings. The monoisotopic (exact) mass is 311 g/mol. The van der Waals surface area contributed by atoms with E-state index in [1.54, 1.807) is 6.07 Å². The lowest BCUT2D eigenvalue weighted by atomic mass is 9.92. The molecule has 1 atom stereocenters. The average molecular weight is 311 g/mol. The van der Waals surface area contributed by atoms with Gasteiger partial charge in [0.1, 0.15) is 0 Å². The van der Waals surface area contributed by atoms with Crippen LogP contribution in [0, 0.1) is 11.3 Å². The zero-order chi connectivity index (χ0) is 15.9. The molecule has 2 heterocycles. The number of aromatic amines is 1. The molecule has 1 unspecified atom stereocenters. The van der Waals surface area contributed by atoms with Crippen molar-refractivity contribution in [3.05, 3.63) is 46.2 Å². The summed E-state index contributed by atoms with van der Waals surface area (Å²) in [6, 6.07) is 9.27. The first-order valence-electron chi connectivity index (χ1n) is 8.27. The Kier molecular flexibility index (Phi) is 3.45. The van der Waals surface area contributed by atoms with Gasteiger partial charge < -0.3 is 15.6 Å². The van der Waals surface area contributed by atoms with Gasteiger partial charge in [0.25, 0.3) is 0 Å². The first-order chi connectivity index (χ1) is 11.2. The minimum atomic E-state index is -0.130. The fourth-order valence-corrected chi connectivity index (χ4v) is 3.92. The standard InChI is InChI=1S/C18H21N3O2/c22-16-9-12(13-3-1-2-4-15(13)21-16)11-20-17(23)14-10-18(14)5-7-19-8-6-18/h1-4,9,14,19H,5-8,10-11H2,(H,20,23)(H,21,22). The maximum atomic E-state index is 12.5. The molecule has 1 aliphatic carbocycles. The molecule has 0 radical (unpaired) electrons. The quantitative estimate of drug-likeness (QED) is 0.805. The highest BCUT2D eigenvalue weighted by atomic mass is 16.2. The number of carbonyl (C=O) groups is 1. The molecular weight excluding hydrogens is 290 g/mol. The number of pyridine rings is 1. The fourth-order valence-electron chi connectivity index (χ4n) is 3.92. The normalized spacial score (nSPS) is 22.2. The van der Waals surface area contributed by atoms with E-state index in [-0.39, 0.29) is 22.8 Å². The van der Waals surface area contributed by atoms with E-state index >= 15 is 0 Å². The van der Waals surface area contributed by atoms with Crippen LogP contribution in [0.4, 0.5) is 0 Å². The van der Waals surface area contributed by atoms with Gasteiger partial charge in [0.15, 0.2) is 0 Å². The highest BCUT2D eigenvalue weighted by molar-refractivity contribution is 5.85. The summed E-state index contributed by atoms with van der Waals surface area (Å²) in [5, 5.41) is 7.38. The minimum Gasteiger partial charge on any atom is -0.352 e. The van der Waals surface area contributed by atoms with Crippen molar-refractivity contribution in [2.24, 2.45) is 11.3 Å². The Labute approximate surface area is 134 Å².